The van der Waals surface area contributed by atoms with Crippen molar-refractivity contribution in [3.8, 4) is 0 Å². The maximum absolute atomic E-state index is 12.4. The minimum Gasteiger partial charge on any atom is -0.480 e. The number of ether oxygens (including phenoxy) is 1. The first-order chi connectivity index (χ1) is 16.0. The number of aryl methyl sites for hydroxylation is 3. The predicted molar refractivity (Wildman–Crippen MR) is 120 cm³/mol. The number of pyridine rings is 1. The molecule has 0 saturated heterocycles. The molecule has 0 bridgehead atoms. The lowest BCUT2D eigenvalue weighted by atomic mass is 10.1. The van der Waals surface area contributed by atoms with E-state index in [4.69, 9.17) is 4.74 Å². The van der Waals surface area contributed by atoms with Crippen LogP contribution in [0, 0.1) is 0 Å². The number of nitrogens with one attached hydrogen (secondary N) is 3. The summed E-state index contributed by atoms with van der Waals surface area (Å²) in [4.78, 5) is 40.1. The number of amides is 2. The molecule has 178 valence electrons. The zero-order valence-corrected chi connectivity index (χ0v) is 18.7. The topological polar surface area (TPSA) is 147 Å². The summed E-state index contributed by atoms with van der Waals surface area (Å²) in [5.41, 5.74) is 2.46. The number of fused-ring (bicyclic) bond motifs is 1. The number of unbranched alkanes of at least 4 members (excludes halogenated alkanes) is 1. The van der Waals surface area contributed by atoms with Gasteiger partial charge in [-0.1, -0.05) is 19.4 Å². The predicted octanol–water partition coefficient (Wildman–Crippen LogP) is 1.59. The molecule has 0 radical (unpaired) electrons. The zero-order chi connectivity index (χ0) is 23.6. The lowest BCUT2D eigenvalue weighted by Gasteiger charge is -2.17. The van der Waals surface area contributed by atoms with E-state index in [0.29, 0.717) is 24.9 Å². The summed E-state index contributed by atoms with van der Waals surface area (Å²) in [6.07, 6.45) is 6.51. The number of nitrogens with zero attached hydrogens (tertiary/aromatic N) is 3. The molecule has 3 rings (SSSR count). The number of hydrogen-bond acceptors (Lipinski definition) is 7. The van der Waals surface area contributed by atoms with Gasteiger partial charge in [-0.2, -0.15) is 5.10 Å². The van der Waals surface area contributed by atoms with Crippen LogP contribution in [-0.4, -0.2) is 63.6 Å². The van der Waals surface area contributed by atoms with Crippen LogP contribution >= 0.6 is 0 Å². The highest BCUT2D eigenvalue weighted by molar-refractivity contribution is 5.94. The minimum absolute atomic E-state index is 0.206. The Morgan fingerprint density at radius 1 is 1.33 bits per heavy atom. The summed E-state index contributed by atoms with van der Waals surface area (Å²) in [7, 11) is 0. The van der Waals surface area contributed by atoms with Gasteiger partial charge in [0.2, 0.25) is 0 Å². The zero-order valence-electron chi connectivity index (χ0n) is 18.7. The van der Waals surface area contributed by atoms with E-state index in [0.717, 1.165) is 37.3 Å². The molecule has 2 aromatic heterocycles. The summed E-state index contributed by atoms with van der Waals surface area (Å²) >= 11 is 0. The molecule has 1 atom stereocenters. The summed E-state index contributed by atoms with van der Waals surface area (Å²) in [6, 6.07) is 2.80. The van der Waals surface area contributed by atoms with Crippen molar-refractivity contribution in [3.63, 3.8) is 0 Å². The molecular formula is C22H30N6O5. The van der Waals surface area contributed by atoms with Crippen molar-refractivity contribution in [2.75, 3.05) is 25.0 Å². The van der Waals surface area contributed by atoms with Gasteiger partial charge >= 0.3 is 12.1 Å². The van der Waals surface area contributed by atoms with E-state index in [9.17, 15) is 19.5 Å². The fourth-order valence-electron chi connectivity index (χ4n) is 3.33. The smallest absolute Gasteiger partial charge is 0.407 e. The molecule has 0 aliphatic carbocycles. The van der Waals surface area contributed by atoms with Crippen molar-refractivity contribution in [2.24, 2.45) is 0 Å². The summed E-state index contributed by atoms with van der Waals surface area (Å²) in [6.45, 7) is 3.34. The Bertz CT molecular complexity index is 976. The third-order valence-electron chi connectivity index (χ3n) is 5.23. The van der Waals surface area contributed by atoms with Gasteiger partial charge in [-0.15, -0.1) is 0 Å². The molecule has 11 heteroatoms. The van der Waals surface area contributed by atoms with Gasteiger partial charge in [0.05, 0.1) is 18.4 Å². The highest BCUT2D eigenvalue weighted by atomic mass is 16.5. The number of carboxylic acids is 1. The second-order valence-electron chi connectivity index (χ2n) is 7.82. The summed E-state index contributed by atoms with van der Waals surface area (Å²) in [5.74, 6) is -0.814. The second kappa shape index (κ2) is 11.8. The van der Waals surface area contributed by atoms with Gasteiger partial charge in [-0.05, 0) is 30.9 Å². The SMILES string of the molecule is CCCCOC(=O)N[C@@H](CNC(=O)c1cnn(CCc2ccc3c(n2)NCCC3)c1)C(=O)O. The number of carboxylic acid groups (broad SMARTS) is 1. The van der Waals surface area contributed by atoms with Crippen molar-refractivity contribution in [1.29, 1.82) is 0 Å². The van der Waals surface area contributed by atoms with E-state index in [1.165, 1.54) is 11.8 Å². The van der Waals surface area contributed by atoms with Crippen LogP contribution in [0.3, 0.4) is 0 Å². The molecule has 4 N–H and O–H groups in total. The lowest BCUT2D eigenvalue weighted by molar-refractivity contribution is -0.139. The third-order valence-corrected chi connectivity index (χ3v) is 5.23. The highest BCUT2D eigenvalue weighted by Crippen LogP contribution is 2.19. The largest absolute Gasteiger partial charge is 0.480 e. The molecule has 1 aliphatic heterocycles. The van der Waals surface area contributed by atoms with Gasteiger partial charge in [-0.25, -0.2) is 14.6 Å². The minimum atomic E-state index is -1.30. The van der Waals surface area contributed by atoms with Crippen molar-refractivity contribution < 1.29 is 24.2 Å². The fraction of sp³-hybridized carbons (Fsp3) is 0.500. The summed E-state index contributed by atoms with van der Waals surface area (Å²) < 4.78 is 6.54. The van der Waals surface area contributed by atoms with Gasteiger partial charge < -0.3 is 25.8 Å². The Balaban J connectivity index is 1.47. The van der Waals surface area contributed by atoms with Gasteiger partial charge in [0.25, 0.3) is 5.91 Å². The van der Waals surface area contributed by atoms with E-state index in [1.54, 1.807) is 10.9 Å². The molecule has 1 aliphatic rings. The Kier molecular flexibility index (Phi) is 8.62. The molecule has 2 amide bonds. The van der Waals surface area contributed by atoms with Crippen LogP contribution in [0.4, 0.5) is 10.6 Å². The molecule has 2 aromatic rings. The highest BCUT2D eigenvalue weighted by Gasteiger charge is 2.22. The monoisotopic (exact) mass is 458 g/mol. The van der Waals surface area contributed by atoms with Crippen LogP contribution in [0.25, 0.3) is 0 Å². The maximum atomic E-state index is 12.4. The number of anilines is 1. The quantitative estimate of drug-likeness (QED) is 0.371. The van der Waals surface area contributed by atoms with Crippen molar-refractivity contribution in [3.05, 3.63) is 41.3 Å². The lowest BCUT2D eigenvalue weighted by Crippen LogP contribution is -2.48. The van der Waals surface area contributed by atoms with Crippen LogP contribution < -0.4 is 16.0 Å². The average Bonchev–Trinajstić information content (AvgIpc) is 3.29. The van der Waals surface area contributed by atoms with E-state index >= 15 is 0 Å². The van der Waals surface area contributed by atoms with Crippen LogP contribution in [0.1, 0.15) is 47.8 Å². The third kappa shape index (κ3) is 7.19. The van der Waals surface area contributed by atoms with E-state index in [2.05, 4.69) is 32.1 Å². The fourth-order valence-corrected chi connectivity index (χ4v) is 3.33. The number of carbonyl (C=O) groups is 3. The Morgan fingerprint density at radius 2 is 2.18 bits per heavy atom. The molecule has 0 aromatic carbocycles. The molecule has 11 nitrogen and oxygen atoms in total. The van der Waals surface area contributed by atoms with Crippen molar-refractivity contribution in [2.45, 2.75) is 51.6 Å². The van der Waals surface area contributed by atoms with Crippen LogP contribution in [0.5, 0.6) is 0 Å². The first-order valence-electron chi connectivity index (χ1n) is 11.2. The van der Waals surface area contributed by atoms with E-state index in [-0.39, 0.29) is 13.2 Å². The van der Waals surface area contributed by atoms with Gasteiger partial charge in [0, 0.05) is 37.9 Å². The maximum Gasteiger partial charge on any atom is 0.407 e. The summed E-state index contributed by atoms with van der Waals surface area (Å²) in [5, 5.41) is 21.5. The Labute approximate surface area is 191 Å². The number of alkyl carbamates (subject to hydrolysis) is 1. The normalized spacial score (nSPS) is 13.4. The van der Waals surface area contributed by atoms with E-state index in [1.807, 2.05) is 13.0 Å². The standard InChI is InChI=1S/C22H30N6O5/c1-2-3-11-33-22(32)27-18(21(30)31)13-24-20(29)16-12-25-28(14-16)10-8-17-7-6-15-5-4-9-23-19(15)26-17/h6-7,12,14,18H,2-5,8-11,13H2,1H3,(H,23,26)(H,24,29)(H,27,32)(H,30,31)/t18-/m0/s1. The van der Waals surface area contributed by atoms with Gasteiger partial charge in [0.15, 0.2) is 0 Å². The first-order valence-corrected chi connectivity index (χ1v) is 11.2. The molecule has 0 fully saturated rings. The van der Waals surface area contributed by atoms with Crippen LogP contribution in [-0.2, 0) is 28.9 Å². The number of hydrogen-bond donors (Lipinski definition) is 4. The molecule has 3 heterocycles. The number of carbonyl (C=O) groups excluding carboxylic acids is 2. The first kappa shape index (κ1) is 24.0. The number of rotatable bonds is 11. The Hall–Kier alpha value is -3.63. The molecule has 0 saturated carbocycles. The van der Waals surface area contributed by atoms with Gasteiger partial charge in [0.1, 0.15) is 11.9 Å². The average molecular weight is 459 g/mol. The number of aromatic nitrogens is 3. The van der Waals surface area contributed by atoms with Gasteiger partial charge in [-0.3, -0.25) is 9.48 Å². The number of aliphatic carboxylic acids is 1. The molecule has 33 heavy (non-hydrogen) atoms. The second-order valence-corrected chi connectivity index (χ2v) is 7.82. The van der Waals surface area contributed by atoms with Crippen LogP contribution in [0.2, 0.25) is 0 Å². The molecule has 0 spiro atoms. The van der Waals surface area contributed by atoms with Crippen LogP contribution in [0.15, 0.2) is 24.5 Å². The van der Waals surface area contributed by atoms with Crippen molar-refractivity contribution >= 4 is 23.8 Å². The van der Waals surface area contributed by atoms with Crippen molar-refractivity contribution in [1.82, 2.24) is 25.4 Å². The van der Waals surface area contributed by atoms with E-state index < -0.39 is 24.0 Å². The Morgan fingerprint density at radius 3 is 2.97 bits per heavy atom. The molecule has 0 unspecified atom stereocenters. The molecular weight excluding hydrogens is 428 g/mol.